The number of ether oxygens (including phenoxy) is 1. The summed E-state index contributed by atoms with van der Waals surface area (Å²) in [7, 11) is -3.16. The number of nitrogens with zero attached hydrogens (tertiary/aromatic N) is 4. The van der Waals surface area contributed by atoms with E-state index >= 15 is 0 Å². The van der Waals surface area contributed by atoms with Gasteiger partial charge in [-0.15, -0.1) is 0 Å². The Balaban J connectivity index is 0.00000133. The van der Waals surface area contributed by atoms with Gasteiger partial charge >= 0.3 is 0 Å². The second-order valence-corrected chi connectivity index (χ2v) is 11.4. The van der Waals surface area contributed by atoms with Crippen LogP contribution in [0.5, 0.6) is 5.75 Å². The molecule has 3 fully saturated rings. The minimum absolute atomic E-state index is 0.0320. The van der Waals surface area contributed by atoms with E-state index in [0.717, 1.165) is 38.8 Å². The number of hydrogen-bond donors (Lipinski definition) is 2. The molecule has 34 heavy (non-hydrogen) atoms. The first kappa shape index (κ1) is 25.1. The van der Waals surface area contributed by atoms with E-state index < -0.39 is 15.6 Å². The number of carbonyl (C=O) groups excluding carboxylic acids is 1. The minimum Gasteiger partial charge on any atom is -0.472 e. The molecule has 1 aliphatic carbocycles. The normalized spacial score (nSPS) is 23.7. The average molecular weight is 495 g/mol. The Morgan fingerprint density at radius 1 is 1.12 bits per heavy atom. The van der Waals surface area contributed by atoms with Gasteiger partial charge in [-0.2, -0.15) is 4.98 Å². The Hall–Kier alpha value is -1.98. The van der Waals surface area contributed by atoms with Gasteiger partial charge in [-0.1, -0.05) is 26.7 Å². The lowest BCUT2D eigenvalue weighted by Crippen LogP contribution is -2.62. The molecule has 0 bridgehead atoms. The fraction of sp³-hybridized carbons (Fsp3) is 0.783. The van der Waals surface area contributed by atoms with E-state index in [-0.39, 0.29) is 18.0 Å². The molecular formula is C23H38N6O4S. The summed E-state index contributed by atoms with van der Waals surface area (Å²) in [5.74, 6) is 1.64. The molecule has 2 N–H and O–H groups in total. The second-order valence-electron chi connectivity index (χ2n) is 9.42. The lowest BCUT2D eigenvalue weighted by atomic mass is 9.88. The third-order valence-corrected chi connectivity index (χ3v) is 8.54. The Bertz CT molecular complexity index is 968. The molecule has 3 aliphatic heterocycles. The molecule has 0 atom stereocenters. The first-order valence-electron chi connectivity index (χ1n) is 12.7. The highest BCUT2D eigenvalue weighted by Crippen LogP contribution is 2.43. The van der Waals surface area contributed by atoms with Crippen molar-refractivity contribution in [3.63, 3.8) is 0 Å². The SMILES string of the molecule is CC.CS(=O)(=O)N1CCC(Nc2ncc3c(n2)N(C2CCCC2)C(=O)C2(CCNCC2)O3)CC1. The van der Waals surface area contributed by atoms with Gasteiger partial charge in [0.2, 0.25) is 16.0 Å². The number of amides is 1. The van der Waals surface area contributed by atoms with E-state index in [0.29, 0.717) is 56.3 Å². The molecule has 10 nitrogen and oxygen atoms in total. The predicted octanol–water partition coefficient (Wildman–Crippen LogP) is 2.13. The fourth-order valence-corrected chi connectivity index (χ4v) is 6.28. The van der Waals surface area contributed by atoms with E-state index in [1.165, 1.54) is 10.6 Å². The summed E-state index contributed by atoms with van der Waals surface area (Å²) in [6, 6.07) is 0.236. The standard InChI is InChI=1S/C21H32N6O4S.C2H6/c1-32(29,30)26-12-6-15(7-13-26)24-20-23-14-17-18(25-20)27(16-4-2-3-5-16)19(28)21(31-17)8-10-22-11-9-21;1-2/h14-16,22H,2-13H2,1H3,(H,23,24,25);1-2H3. The monoisotopic (exact) mass is 494 g/mol. The van der Waals surface area contributed by atoms with Gasteiger partial charge in [0, 0.05) is 38.0 Å². The summed E-state index contributed by atoms with van der Waals surface area (Å²) in [6.07, 6.45) is 9.80. The van der Waals surface area contributed by atoms with Crippen LogP contribution in [0.15, 0.2) is 6.20 Å². The zero-order valence-electron chi connectivity index (χ0n) is 20.5. The molecule has 1 spiro atoms. The number of fused-ring (bicyclic) bond motifs is 1. The number of carbonyl (C=O) groups is 1. The van der Waals surface area contributed by atoms with E-state index in [2.05, 4.69) is 15.6 Å². The minimum atomic E-state index is -3.16. The highest BCUT2D eigenvalue weighted by molar-refractivity contribution is 7.88. The van der Waals surface area contributed by atoms with Crippen molar-refractivity contribution in [2.75, 3.05) is 42.7 Å². The topological polar surface area (TPSA) is 117 Å². The number of hydrogen-bond acceptors (Lipinski definition) is 8. The van der Waals surface area contributed by atoms with Gasteiger partial charge in [0.15, 0.2) is 17.2 Å². The quantitative estimate of drug-likeness (QED) is 0.654. The van der Waals surface area contributed by atoms with Crippen LogP contribution in [0.1, 0.15) is 65.2 Å². The summed E-state index contributed by atoms with van der Waals surface area (Å²) >= 11 is 0. The zero-order chi connectivity index (χ0) is 24.3. The summed E-state index contributed by atoms with van der Waals surface area (Å²) in [5, 5.41) is 6.67. The maximum Gasteiger partial charge on any atom is 0.272 e. The first-order chi connectivity index (χ1) is 16.4. The molecule has 1 amide bonds. The summed E-state index contributed by atoms with van der Waals surface area (Å²) in [5.41, 5.74) is -0.822. The van der Waals surface area contributed by atoms with Crippen LogP contribution < -0.4 is 20.3 Å². The van der Waals surface area contributed by atoms with Gasteiger partial charge in [0.1, 0.15) is 0 Å². The molecule has 11 heteroatoms. The molecule has 2 saturated heterocycles. The molecule has 1 aromatic rings. The van der Waals surface area contributed by atoms with Crippen molar-refractivity contribution in [2.24, 2.45) is 0 Å². The number of anilines is 2. The molecule has 0 unspecified atom stereocenters. The van der Waals surface area contributed by atoms with Crippen LogP contribution in [0.3, 0.4) is 0 Å². The average Bonchev–Trinajstić information content (AvgIpc) is 3.36. The predicted molar refractivity (Wildman–Crippen MR) is 132 cm³/mol. The largest absolute Gasteiger partial charge is 0.472 e. The highest BCUT2D eigenvalue weighted by atomic mass is 32.2. The molecule has 0 aromatic carbocycles. The Morgan fingerprint density at radius 3 is 2.38 bits per heavy atom. The van der Waals surface area contributed by atoms with E-state index in [9.17, 15) is 13.2 Å². The van der Waals surface area contributed by atoms with E-state index in [1.807, 2.05) is 18.7 Å². The Kier molecular flexibility index (Phi) is 7.63. The maximum atomic E-state index is 13.7. The molecule has 5 rings (SSSR count). The molecular weight excluding hydrogens is 456 g/mol. The lowest BCUT2D eigenvalue weighted by molar-refractivity contribution is -0.138. The first-order valence-corrected chi connectivity index (χ1v) is 14.5. The van der Waals surface area contributed by atoms with Gasteiger partial charge in [0.05, 0.1) is 12.5 Å². The molecule has 190 valence electrons. The number of sulfonamides is 1. The van der Waals surface area contributed by atoms with Crippen LogP contribution in [0.2, 0.25) is 0 Å². The number of aromatic nitrogens is 2. The van der Waals surface area contributed by atoms with Crippen LogP contribution in [-0.4, -0.2) is 78.7 Å². The molecule has 1 saturated carbocycles. The lowest BCUT2D eigenvalue weighted by Gasteiger charge is -2.45. The smallest absolute Gasteiger partial charge is 0.272 e. The van der Waals surface area contributed by atoms with Crippen molar-refractivity contribution in [2.45, 2.75) is 82.9 Å². The summed E-state index contributed by atoms with van der Waals surface area (Å²) in [6.45, 7) is 6.47. The van der Waals surface area contributed by atoms with Crippen LogP contribution in [-0.2, 0) is 14.8 Å². The molecule has 4 heterocycles. The van der Waals surface area contributed by atoms with Crippen molar-refractivity contribution in [3.05, 3.63) is 6.20 Å². The maximum absolute atomic E-state index is 13.7. The van der Waals surface area contributed by atoms with Gasteiger partial charge < -0.3 is 15.4 Å². The van der Waals surface area contributed by atoms with Crippen LogP contribution in [0.4, 0.5) is 11.8 Å². The molecule has 1 aromatic heterocycles. The van der Waals surface area contributed by atoms with Crippen molar-refractivity contribution >= 4 is 27.7 Å². The Labute approximate surface area is 202 Å². The molecule has 4 aliphatic rings. The van der Waals surface area contributed by atoms with E-state index in [4.69, 9.17) is 9.72 Å². The van der Waals surface area contributed by atoms with Crippen molar-refractivity contribution in [1.82, 2.24) is 19.6 Å². The van der Waals surface area contributed by atoms with Gasteiger partial charge in [-0.3, -0.25) is 9.69 Å². The van der Waals surface area contributed by atoms with Crippen LogP contribution in [0.25, 0.3) is 0 Å². The third-order valence-electron chi connectivity index (χ3n) is 7.24. The third kappa shape index (κ3) is 5.01. The van der Waals surface area contributed by atoms with Gasteiger partial charge in [0.25, 0.3) is 5.91 Å². The number of rotatable bonds is 4. The van der Waals surface area contributed by atoms with Crippen molar-refractivity contribution in [3.8, 4) is 5.75 Å². The van der Waals surface area contributed by atoms with Crippen molar-refractivity contribution < 1.29 is 17.9 Å². The van der Waals surface area contributed by atoms with Crippen LogP contribution in [0, 0.1) is 0 Å². The van der Waals surface area contributed by atoms with Gasteiger partial charge in [-0.25, -0.2) is 17.7 Å². The van der Waals surface area contributed by atoms with Crippen LogP contribution >= 0.6 is 0 Å². The fourth-order valence-electron chi connectivity index (χ4n) is 5.41. The highest BCUT2D eigenvalue weighted by Gasteiger charge is 2.51. The zero-order valence-corrected chi connectivity index (χ0v) is 21.4. The summed E-state index contributed by atoms with van der Waals surface area (Å²) in [4.78, 5) is 24.8. The molecule has 0 radical (unpaired) electrons. The second kappa shape index (κ2) is 10.3. The summed E-state index contributed by atoms with van der Waals surface area (Å²) < 4.78 is 31.3. The van der Waals surface area contributed by atoms with Gasteiger partial charge in [-0.05, 0) is 38.8 Å². The van der Waals surface area contributed by atoms with Crippen molar-refractivity contribution in [1.29, 1.82) is 0 Å². The number of piperidine rings is 2. The van der Waals surface area contributed by atoms with E-state index in [1.54, 1.807) is 6.20 Å². The number of nitrogens with one attached hydrogen (secondary N) is 2. The Morgan fingerprint density at radius 2 is 1.76 bits per heavy atom.